The number of thiophene rings is 1. The molecule has 6 nitrogen and oxygen atoms in total. The van der Waals surface area contributed by atoms with Crippen molar-refractivity contribution in [2.75, 3.05) is 6.54 Å². The maximum Gasteiger partial charge on any atom is 0.333 e. The van der Waals surface area contributed by atoms with Gasteiger partial charge in [-0.25, -0.2) is 5.06 Å². The standard InChI is InChI=1S/C15H18NO5PS/c1-11(17)16(18)8-6-15(22(19,20)21)13-4-2-12(3-5-13)14-7-9-23-10-14/h2-5,7,9-10,15,18H,6,8H2,1H3,(H2,19,20,21). The molecular weight excluding hydrogens is 337 g/mol. The minimum Gasteiger partial charge on any atom is -0.324 e. The van der Waals surface area contributed by atoms with Crippen LogP contribution in [0.1, 0.15) is 24.6 Å². The summed E-state index contributed by atoms with van der Waals surface area (Å²) >= 11 is 1.57. The summed E-state index contributed by atoms with van der Waals surface area (Å²) in [6.07, 6.45) is -0.0296. The summed E-state index contributed by atoms with van der Waals surface area (Å²) in [6.45, 7) is 1.04. The molecule has 2 aromatic rings. The Morgan fingerprint density at radius 3 is 2.35 bits per heavy atom. The lowest BCUT2D eigenvalue weighted by Gasteiger charge is -2.21. The summed E-state index contributed by atoms with van der Waals surface area (Å²) in [7, 11) is -4.41. The van der Waals surface area contributed by atoms with Gasteiger partial charge in [0.1, 0.15) is 0 Å². The minimum atomic E-state index is -4.41. The quantitative estimate of drug-likeness (QED) is 0.420. The Morgan fingerprint density at radius 2 is 1.87 bits per heavy atom. The smallest absolute Gasteiger partial charge is 0.324 e. The van der Waals surface area contributed by atoms with Crippen molar-refractivity contribution in [3.63, 3.8) is 0 Å². The lowest BCUT2D eigenvalue weighted by Crippen LogP contribution is -2.26. The van der Waals surface area contributed by atoms with Crippen molar-refractivity contribution in [2.45, 2.75) is 19.0 Å². The Balaban J connectivity index is 2.19. The van der Waals surface area contributed by atoms with E-state index < -0.39 is 19.2 Å². The first-order chi connectivity index (χ1) is 10.8. The van der Waals surface area contributed by atoms with Crippen molar-refractivity contribution in [1.82, 2.24) is 5.06 Å². The van der Waals surface area contributed by atoms with Gasteiger partial charge in [-0.3, -0.25) is 14.6 Å². The predicted molar refractivity (Wildman–Crippen MR) is 88.3 cm³/mol. The SMILES string of the molecule is CC(=O)N(O)CCC(c1ccc(-c2ccsc2)cc1)P(=O)(O)O. The van der Waals surface area contributed by atoms with E-state index in [1.54, 1.807) is 23.5 Å². The highest BCUT2D eigenvalue weighted by Crippen LogP contribution is 2.53. The van der Waals surface area contributed by atoms with Crippen LogP contribution in [-0.2, 0) is 9.36 Å². The van der Waals surface area contributed by atoms with E-state index in [2.05, 4.69) is 0 Å². The second kappa shape index (κ2) is 7.38. The van der Waals surface area contributed by atoms with Gasteiger partial charge in [-0.15, -0.1) is 0 Å². The van der Waals surface area contributed by atoms with Crippen molar-refractivity contribution in [3.8, 4) is 11.1 Å². The third-order valence-corrected chi connectivity index (χ3v) is 5.59. The van der Waals surface area contributed by atoms with Crippen LogP contribution in [0, 0.1) is 0 Å². The molecule has 0 aliphatic carbocycles. The average Bonchev–Trinajstić information content (AvgIpc) is 3.00. The Labute approximate surface area is 138 Å². The van der Waals surface area contributed by atoms with Crippen molar-refractivity contribution in [1.29, 1.82) is 0 Å². The molecule has 0 bridgehead atoms. The molecule has 2 rings (SSSR count). The Kier molecular flexibility index (Phi) is 5.73. The van der Waals surface area contributed by atoms with Gasteiger partial charge in [-0.05, 0) is 39.9 Å². The first-order valence-electron chi connectivity index (χ1n) is 6.94. The summed E-state index contributed by atoms with van der Waals surface area (Å²) in [5, 5.41) is 13.8. The molecule has 1 atom stereocenters. The lowest BCUT2D eigenvalue weighted by molar-refractivity contribution is -0.162. The summed E-state index contributed by atoms with van der Waals surface area (Å²) < 4.78 is 11.7. The zero-order valence-corrected chi connectivity index (χ0v) is 14.2. The largest absolute Gasteiger partial charge is 0.333 e. The molecule has 1 unspecified atom stereocenters. The number of hydrogen-bond acceptors (Lipinski definition) is 4. The molecule has 0 aliphatic rings. The van der Waals surface area contributed by atoms with E-state index in [4.69, 9.17) is 0 Å². The Morgan fingerprint density at radius 1 is 1.22 bits per heavy atom. The van der Waals surface area contributed by atoms with Crippen LogP contribution in [0.2, 0.25) is 0 Å². The van der Waals surface area contributed by atoms with Crippen LogP contribution in [-0.4, -0.2) is 32.5 Å². The molecule has 124 valence electrons. The molecular formula is C15H18NO5PS. The van der Waals surface area contributed by atoms with Gasteiger partial charge in [-0.1, -0.05) is 24.3 Å². The predicted octanol–water partition coefficient (Wildman–Crippen LogP) is 3.26. The molecule has 0 fully saturated rings. The topological polar surface area (TPSA) is 98.1 Å². The number of amides is 1. The second-order valence-electron chi connectivity index (χ2n) is 5.17. The number of nitrogens with zero attached hydrogens (tertiary/aromatic N) is 1. The van der Waals surface area contributed by atoms with Gasteiger partial charge in [0.2, 0.25) is 5.91 Å². The van der Waals surface area contributed by atoms with Crippen molar-refractivity contribution < 1.29 is 24.4 Å². The van der Waals surface area contributed by atoms with E-state index in [1.807, 2.05) is 29.0 Å². The first kappa shape index (κ1) is 17.8. The van der Waals surface area contributed by atoms with Crippen LogP contribution in [0.15, 0.2) is 41.1 Å². The van der Waals surface area contributed by atoms with Crippen LogP contribution < -0.4 is 0 Å². The fraction of sp³-hybridized carbons (Fsp3) is 0.267. The number of carbonyl (C=O) groups is 1. The van der Waals surface area contributed by atoms with Gasteiger partial charge in [-0.2, -0.15) is 11.3 Å². The lowest BCUT2D eigenvalue weighted by atomic mass is 10.0. The van der Waals surface area contributed by atoms with E-state index in [9.17, 15) is 24.4 Å². The molecule has 3 N–H and O–H groups in total. The van der Waals surface area contributed by atoms with E-state index in [0.29, 0.717) is 10.6 Å². The number of hydrogen-bond donors (Lipinski definition) is 3. The molecule has 0 saturated carbocycles. The minimum absolute atomic E-state index is 0.0296. The van der Waals surface area contributed by atoms with Gasteiger partial charge < -0.3 is 9.79 Å². The summed E-state index contributed by atoms with van der Waals surface area (Å²) in [4.78, 5) is 30.1. The van der Waals surface area contributed by atoms with Gasteiger partial charge in [0, 0.05) is 13.5 Å². The number of rotatable bonds is 6. The van der Waals surface area contributed by atoms with Crippen molar-refractivity contribution >= 4 is 24.8 Å². The number of hydroxylamine groups is 2. The Hall–Kier alpha value is -1.50. The fourth-order valence-corrected chi connectivity index (χ4v) is 3.93. The monoisotopic (exact) mass is 355 g/mol. The Bertz CT molecular complexity index is 695. The number of carbonyl (C=O) groups excluding carboxylic acids is 1. The van der Waals surface area contributed by atoms with E-state index >= 15 is 0 Å². The molecule has 8 heteroatoms. The normalized spacial score (nSPS) is 12.9. The summed E-state index contributed by atoms with van der Waals surface area (Å²) in [6, 6.07) is 8.93. The fourth-order valence-electron chi connectivity index (χ4n) is 2.26. The van der Waals surface area contributed by atoms with Crippen LogP contribution in [0.3, 0.4) is 0 Å². The second-order valence-corrected chi connectivity index (χ2v) is 7.75. The van der Waals surface area contributed by atoms with Gasteiger partial charge in [0.25, 0.3) is 0 Å². The molecule has 0 spiro atoms. The highest BCUT2D eigenvalue weighted by molar-refractivity contribution is 7.52. The summed E-state index contributed by atoms with van der Waals surface area (Å²) in [5.74, 6) is -0.567. The highest BCUT2D eigenvalue weighted by Gasteiger charge is 2.30. The van der Waals surface area contributed by atoms with Crippen molar-refractivity contribution in [3.05, 3.63) is 46.7 Å². The van der Waals surface area contributed by atoms with Gasteiger partial charge in [0.15, 0.2) is 0 Å². The summed E-state index contributed by atoms with van der Waals surface area (Å²) in [5.41, 5.74) is 1.43. The molecule has 23 heavy (non-hydrogen) atoms. The molecule has 0 saturated heterocycles. The van der Waals surface area contributed by atoms with Crippen molar-refractivity contribution in [2.24, 2.45) is 0 Å². The number of benzene rings is 1. The molecule has 0 radical (unpaired) electrons. The molecule has 0 aliphatic heterocycles. The maximum atomic E-state index is 11.7. The molecule has 1 heterocycles. The van der Waals surface area contributed by atoms with Crippen LogP contribution in [0.5, 0.6) is 0 Å². The molecule has 1 aromatic heterocycles. The van der Waals surface area contributed by atoms with E-state index in [1.165, 1.54) is 6.92 Å². The average molecular weight is 355 g/mol. The van der Waals surface area contributed by atoms with Gasteiger partial charge >= 0.3 is 7.60 Å². The van der Waals surface area contributed by atoms with Crippen LogP contribution in [0.4, 0.5) is 0 Å². The van der Waals surface area contributed by atoms with Crippen LogP contribution in [0.25, 0.3) is 11.1 Å². The van der Waals surface area contributed by atoms with E-state index in [-0.39, 0.29) is 13.0 Å². The van der Waals surface area contributed by atoms with E-state index in [0.717, 1.165) is 11.1 Å². The third-order valence-electron chi connectivity index (χ3n) is 3.53. The molecule has 1 aromatic carbocycles. The van der Waals surface area contributed by atoms with Gasteiger partial charge in [0.05, 0.1) is 5.66 Å². The zero-order chi connectivity index (χ0) is 17.0. The third kappa shape index (κ3) is 4.73. The van der Waals surface area contributed by atoms with Crippen LogP contribution >= 0.6 is 18.9 Å². The maximum absolute atomic E-state index is 11.7. The zero-order valence-electron chi connectivity index (χ0n) is 12.5. The first-order valence-corrected chi connectivity index (χ1v) is 9.56. The molecule has 1 amide bonds. The highest BCUT2D eigenvalue weighted by atomic mass is 32.1.